The van der Waals surface area contributed by atoms with E-state index < -0.39 is 88.4 Å². The molecule has 1 aromatic heterocycles. The van der Waals surface area contributed by atoms with Crippen LogP contribution in [0, 0.1) is 11.3 Å². The zero-order chi connectivity index (χ0) is 44.2. The molecule has 4 atom stereocenters. The van der Waals surface area contributed by atoms with Crippen LogP contribution in [-0.2, 0) is 45.9 Å². The van der Waals surface area contributed by atoms with E-state index in [1.807, 2.05) is 90.5 Å². The maximum atomic E-state index is 14.8. The van der Waals surface area contributed by atoms with E-state index in [1.165, 1.54) is 23.8 Å². The number of fused-ring (bicyclic) bond motifs is 1. The molecule has 318 valence electrons. The minimum atomic E-state index is -1.54. The molecule has 0 aliphatic rings. The minimum absolute atomic E-state index is 0.121. The summed E-state index contributed by atoms with van der Waals surface area (Å²) < 4.78 is 12.9. The van der Waals surface area contributed by atoms with Gasteiger partial charge in [-0.15, -0.1) is 0 Å². The van der Waals surface area contributed by atoms with Gasteiger partial charge in [0.2, 0.25) is 17.7 Å². The number of nitrogens with one attached hydrogen (secondary N) is 2. The Labute approximate surface area is 338 Å². The summed E-state index contributed by atoms with van der Waals surface area (Å²) in [5.74, 6) is -4.17. The van der Waals surface area contributed by atoms with Crippen LogP contribution in [0.4, 0.5) is 4.79 Å². The Hall–Kier alpha value is -4.88. The molecule has 14 nitrogen and oxygen atoms in total. The van der Waals surface area contributed by atoms with Gasteiger partial charge in [0, 0.05) is 49.2 Å². The number of aryl methyl sites for hydroxylation is 1. The normalized spacial score (nSPS) is 14.9. The molecule has 0 radical (unpaired) electrons. The Bertz CT molecular complexity index is 1840. The fourth-order valence-electron chi connectivity index (χ4n) is 6.76. The molecule has 1 unspecified atom stereocenters. The second-order valence-electron chi connectivity index (χ2n) is 18.9. The average Bonchev–Trinajstić information content (AvgIpc) is 3.39. The summed E-state index contributed by atoms with van der Waals surface area (Å²) in [4.78, 5) is 83.4. The van der Waals surface area contributed by atoms with E-state index in [0.29, 0.717) is 0 Å². The van der Waals surface area contributed by atoms with Crippen LogP contribution < -0.4 is 10.6 Å². The zero-order valence-electron chi connectivity index (χ0n) is 37.1. The van der Waals surface area contributed by atoms with Crippen molar-refractivity contribution in [3.63, 3.8) is 0 Å². The number of para-hydroxylation sites is 1. The average molecular weight is 798 g/mol. The van der Waals surface area contributed by atoms with Crippen LogP contribution in [0.5, 0.6) is 0 Å². The van der Waals surface area contributed by atoms with Gasteiger partial charge in [-0.2, -0.15) is 0 Å². The number of carboxylic acid groups (broad SMARTS) is 1. The highest BCUT2D eigenvalue weighted by Crippen LogP contribution is 2.37. The number of aromatic nitrogens is 1. The molecule has 1 heterocycles. The number of carbonyl (C=O) groups is 6. The number of amides is 4. The molecule has 0 bridgehead atoms. The first kappa shape index (κ1) is 48.3. The van der Waals surface area contributed by atoms with Gasteiger partial charge in [0.1, 0.15) is 29.3 Å². The largest absolute Gasteiger partial charge is 0.480 e. The van der Waals surface area contributed by atoms with Crippen molar-refractivity contribution >= 4 is 46.7 Å². The van der Waals surface area contributed by atoms with Crippen molar-refractivity contribution in [1.82, 2.24) is 25.0 Å². The van der Waals surface area contributed by atoms with E-state index in [-0.39, 0.29) is 11.5 Å². The third-order valence-electron chi connectivity index (χ3n) is 9.64. The second kappa shape index (κ2) is 18.1. The number of benzene rings is 1. The van der Waals surface area contributed by atoms with E-state index >= 15 is 0 Å². The Kier molecular flexibility index (Phi) is 15.4. The molecule has 1 aromatic carbocycles. The van der Waals surface area contributed by atoms with Crippen LogP contribution in [-0.4, -0.2) is 105 Å². The number of nitrogens with zero attached hydrogens (tertiary/aromatic N) is 3. The lowest BCUT2D eigenvalue weighted by molar-refractivity contribution is -0.158. The fraction of sp³-hybridized carbons (Fsp3) is 0.628. The smallest absolute Gasteiger partial charge is 0.410 e. The molecule has 4 amide bonds. The number of esters is 1. The molecule has 57 heavy (non-hydrogen) atoms. The number of ether oxygens (including phenoxy) is 2. The van der Waals surface area contributed by atoms with E-state index in [9.17, 15) is 33.9 Å². The molecule has 0 spiro atoms. The maximum Gasteiger partial charge on any atom is 0.410 e. The number of aliphatic carboxylic acids is 1. The van der Waals surface area contributed by atoms with Gasteiger partial charge >= 0.3 is 18.0 Å². The molecule has 0 fully saturated rings. The van der Waals surface area contributed by atoms with Crippen LogP contribution >= 0.6 is 0 Å². The minimum Gasteiger partial charge on any atom is -0.480 e. The highest BCUT2D eigenvalue weighted by atomic mass is 16.6. The SMILES string of the molecule is C/C(=C\[C@H](C(C)C)N(C)C(=O)[C@@H](NC(=O)[C@@H](N(C)C(=O)OC(C)(C)C)C(C)(C)c1cn(C)c2ccccc12)C(C)(C)C)C(=O)NC(CC(=O)OC(C)(C)C)C(=O)O. The van der Waals surface area contributed by atoms with E-state index in [1.54, 1.807) is 54.7 Å². The third kappa shape index (κ3) is 12.8. The highest BCUT2D eigenvalue weighted by Gasteiger charge is 2.47. The zero-order valence-corrected chi connectivity index (χ0v) is 37.1. The molecule has 0 saturated heterocycles. The lowest BCUT2D eigenvalue weighted by Crippen LogP contribution is -2.63. The van der Waals surface area contributed by atoms with Crippen molar-refractivity contribution in [3.05, 3.63) is 47.7 Å². The van der Waals surface area contributed by atoms with Crippen molar-refractivity contribution in [2.24, 2.45) is 18.4 Å². The number of carboxylic acids is 1. The van der Waals surface area contributed by atoms with Crippen LogP contribution in [0.25, 0.3) is 10.9 Å². The number of hydrogen-bond donors (Lipinski definition) is 3. The number of likely N-dealkylation sites (N-methyl/N-ethyl adjacent to an activating group) is 2. The fourth-order valence-corrected chi connectivity index (χ4v) is 6.76. The van der Waals surface area contributed by atoms with E-state index in [4.69, 9.17) is 9.47 Å². The van der Waals surface area contributed by atoms with Crippen molar-refractivity contribution in [1.29, 1.82) is 0 Å². The summed E-state index contributed by atoms with van der Waals surface area (Å²) >= 11 is 0. The lowest BCUT2D eigenvalue weighted by Gasteiger charge is -2.42. The predicted octanol–water partition coefficient (Wildman–Crippen LogP) is 5.95. The van der Waals surface area contributed by atoms with E-state index in [0.717, 1.165) is 16.5 Å². The topological polar surface area (TPSA) is 177 Å². The summed E-state index contributed by atoms with van der Waals surface area (Å²) in [6.45, 7) is 24.6. The molecule has 3 N–H and O–H groups in total. The monoisotopic (exact) mass is 797 g/mol. The number of rotatable bonds is 14. The third-order valence-corrected chi connectivity index (χ3v) is 9.64. The predicted molar refractivity (Wildman–Crippen MR) is 220 cm³/mol. The Morgan fingerprint density at radius 3 is 1.88 bits per heavy atom. The molecular weight excluding hydrogens is 730 g/mol. The second-order valence-corrected chi connectivity index (χ2v) is 18.9. The number of carbonyl (C=O) groups excluding carboxylic acids is 5. The molecule has 0 aliphatic carbocycles. The lowest BCUT2D eigenvalue weighted by atomic mass is 9.76. The summed E-state index contributed by atoms with van der Waals surface area (Å²) in [6, 6.07) is 3.33. The van der Waals surface area contributed by atoms with Gasteiger partial charge in [0.25, 0.3) is 0 Å². The van der Waals surface area contributed by atoms with Crippen molar-refractivity contribution < 1.29 is 43.3 Å². The Morgan fingerprint density at radius 1 is 0.842 bits per heavy atom. The maximum absolute atomic E-state index is 14.8. The quantitative estimate of drug-likeness (QED) is 0.154. The molecule has 14 heteroatoms. The summed E-state index contributed by atoms with van der Waals surface area (Å²) in [5.41, 5.74) is -1.62. The van der Waals surface area contributed by atoms with Crippen molar-refractivity contribution in [2.75, 3.05) is 14.1 Å². The summed E-state index contributed by atoms with van der Waals surface area (Å²) in [6.07, 6.45) is 2.23. The van der Waals surface area contributed by atoms with Crippen LogP contribution in [0.15, 0.2) is 42.1 Å². The van der Waals surface area contributed by atoms with Gasteiger partial charge in [0.05, 0.1) is 12.5 Å². The highest BCUT2D eigenvalue weighted by molar-refractivity contribution is 5.97. The van der Waals surface area contributed by atoms with Gasteiger partial charge in [-0.3, -0.25) is 24.1 Å². The Balaban J connectivity index is 2.55. The molecule has 0 aliphatic heterocycles. The van der Waals surface area contributed by atoms with Gasteiger partial charge in [-0.25, -0.2) is 9.59 Å². The number of hydrogen-bond acceptors (Lipinski definition) is 8. The molecule has 2 aromatic rings. The first-order valence-electron chi connectivity index (χ1n) is 19.3. The standard InChI is InChI=1S/C43H67N5O9/c1-25(2)31(22-26(3)35(50)44-29(38(53)54)23-32(49)56-41(7,8)9)47(16)37(52)33(40(4,5)6)45-36(51)34(48(17)39(55)57-42(10,11)12)43(13,14)28-24-46(15)30-21-19-18-20-27(28)30/h18-22,24-25,29,31,33-34H,23H2,1-17H3,(H,44,50)(H,45,51)(H,53,54)/b26-22+/t29?,31-,33-,34-/m1/s1. The van der Waals surface area contributed by atoms with Gasteiger partial charge in [0.15, 0.2) is 0 Å². The summed E-state index contributed by atoms with van der Waals surface area (Å²) in [5, 5.41) is 16.1. The first-order valence-corrected chi connectivity index (χ1v) is 19.3. The van der Waals surface area contributed by atoms with E-state index in [2.05, 4.69) is 10.6 Å². The molecule has 0 saturated carbocycles. The molecular formula is C43H67N5O9. The van der Waals surface area contributed by atoms with Crippen molar-refractivity contribution in [2.45, 2.75) is 144 Å². The van der Waals surface area contributed by atoms with Crippen molar-refractivity contribution in [3.8, 4) is 0 Å². The molecule has 2 rings (SSSR count). The van der Waals surface area contributed by atoms with Gasteiger partial charge in [-0.1, -0.05) is 72.7 Å². The van der Waals surface area contributed by atoms with Crippen LogP contribution in [0.3, 0.4) is 0 Å². The first-order chi connectivity index (χ1) is 25.8. The summed E-state index contributed by atoms with van der Waals surface area (Å²) in [7, 11) is 5.01. The van der Waals surface area contributed by atoms with Gasteiger partial charge < -0.3 is 34.7 Å². The van der Waals surface area contributed by atoms with Crippen LogP contribution in [0.2, 0.25) is 0 Å². The van der Waals surface area contributed by atoms with Gasteiger partial charge in [-0.05, 0) is 71.4 Å². The van der Waals surface area contributed by atoms with Crippen LogP contribution in [0.1, 0.15) is 109 Å². The Morgan fingerprint density at radius 2 is 1.39 bits per heavy atom.